The molecule has 1 saturated heterocycles. The minimum atomic E-state index is -2.76. The third kappa shape index (κ3) is 11.4. The Hall–Kier alpha value is -3.65. The first-order valence-electron chi connectivity index (χ1n) is 20.4. The highest BCUT2D eigenvalue weighted by molar-refractivity contribution is 6.74. The molecule has 1 spiro atoms. The molecule has 0 saturated carbocycles. The Morgan fingerprint density at radius 1 is 0.729 bits per heavy atom. The van der Waals surface area contributed by atoms with Crippen LogP contribution in [0, 0.1) is 0 Å². The van der Waals surface area contributed by atoms with Crippen molar-refractivity contribution in [2.45, 2.75) is 201 Å². The topological polar surface area (TPSA) is 170 Å². The van der Waals surface area contributed by atoms with E-state index in [0.717, 1.165) is 0 Å². The van der Waals surface area contributed by atoms with Gasteiger partial charge in [-0.15, -0.1) is 4.99 Å². The molecule has 1 N–H and O–H groups in total. The van der Waals surface area contributed by atoms with Crippen LogP contribution in [0.4, 0.5) is 19.2 Å². The van der Waals surface area contributed by atoms with Crippen LogP contribution in [0.3, 0.4) is 0 Å². The molecule has 3 aliphatic heterocycles. The third-order valence-corrected chi connectivity index (χ3v) is 19.4. The Labute approximate surface area is 355 Å². The normalized spacial score (nSPS) is 22.6. The van der Waals surface area contributed by atoms with Gasteiger partial charge in [-0.25, -0.2) is 34.0 Å². The number of rotatable bonds is 5. The zero-order valence-electron chi connectivity index (χ0n) is 40.0. The number of ether oxygens (including phenoxy) is 4. The molecule has 336 valence electrons. The van der Waals surface area contributed by atoms with Crippen molar-refractivity contribution in [2.75, 3.05) is 13.2 Å². The Balaban J connectivity index is 2.60. The maximum absolute atomic E-state index is 15.0. The number of nitrogens with zero attached hydrogens (tertiary/aromatic N) is 5. The first-order chi connectivity index (χ1) is 26.1. The fourth-order valence-corrected chi connectivity index (χ4v) is 8.07. The fraction of sp³-hybridized carbons (Fsp3) is 0.805. The Bertz CT molecular complexity index is 1740. The maximum atomic E-state index is 15.0. The zero-order valence-corrected chi connectivity index (χ0v) is 42.0. The smallest absolute Gasteiger partial charge is 0.437 e. The zero-order chi connectivity index (χ0) is 45.9. The van der Waals surface area contributed by atoms with Gasteiger partial charge in [-0.3, -0.25) is 5.32 Å². The SMILES string of the molecule is CC(C)(C)OC(=O)/N=C1/N(C(=O)OC(C)(C)C)[C@@H](CO[Si](C)(C)C(C)(C)C)[C@@H]2N=C(NC(=O)OC(C)(C)C)N(C(=O)OC(C)(C)C)[C@@]23C(O[Si](C)(C)C(C)(C)C)=CCN13. The molecule has 0 bridgehead atoms. The average Bonchev–Trinajstić information content (AvgIpc) is 3.47. The number of hydrogen-bond donors (Lipinski definition) is 1. The van der Waals surface area contributed by atoms with E-state index in [-0.39, 0.29) is 35.1 Å². The number of carbonyl (C=O) groups is 4. The number of aliphatic imine (C=N–C) groups is 2. The van der Waals surface area contributed by atoms with Crippen LogP contribution < -0.4 is 5.32 Å². The van der Waals surface area contributed by atoms with Crippen molar-refractivity contribution < 1.29 is 47.0 Å². The van der Waals surface area contributed by atoms with E-state index in [1.807, 2.05) is 0 Å². The van der Waals surface area contributed by atoms with Crippen LogP contribution in [0.2, 0.25) is 36.3 Å². The van der Waals surface area contributed by atoms with Crippen molar-refractivity contribution >= 4 is 52.9 Å². The van der Waals surface area contributed by atoms with Gasteiger partial charge in [-0.05, 0) is 125 Å². The predicted octanol–water partition coefficient (Wildman–Crippen LogP) is 9.34. The van der Waals surface area contributed by atoms with E-state index < -0.39 is 81.2 Å². The lowest BCUT2D eigenvalue weighted by atomic mass is 9.88. The Kier molecular flexibility index (Phi) is 13.5. The van der Waals surface area contributed by atoms with E-state index in [1.54, 1.807) is 94.1 Å². The van der Waals surface area contributed by atoms with E-state index in [4.69, 9.17) is 32.8 Å². The summed E-state index contributed by atoms with van der Waals surface area (Å²) < 4.78 is 37.7. The second-order valence-electron chi connectivity index (χ2n) is 22.5. The van der Waals surface area contributed by atoms with Crippen LogP contribution >= 0.6 is 0 Å². The van der Waals surface area contributed by atoms with Gasteiger partial charge in [0.05, 0.1) is 12.6 Å². The molecule has 1 fully saturated rings. The van der Waals surface area contributed by atoms with Crippen molar-refractivity contribution in [3.63, 3.8) is 0 Å². The van der Waals surface area contributed by atoms with E-state index in [2.05, 4.69) is 78.0 Å². The van der Waals surface area contributed by atoms with E-state index >= 15 is 0 Å². The second-order valence-corrected chi connectivity index (χ2v) is 32.0. The van der Waals surface area contributed by atoms with E-state index in [9.17, 15) is 19.2 Å². The van der Waals surface area contributed by atoms with Crippen molar-refractivity contribution in [1.82, 2.24) is 20.0 Å². The summed E-state index contributed by atoms with van der Waals surface area (Å²) in [6, 6.07) is -2.28. The molecular weight excluding hydrogens is 793 g/mol. The van der Waals surface area contributed by atoms with Crippen LogP contribution in [0.5, 0.6) is 0 Å². The van der Waals surface area contributed by atoms with Crippen LogP contribution in [-0.4, -0.2) is 121 Å². The number of carbonyl (C=O) groups excluding carboxylic acids is 4. The van der Waals surface area contributed by atoms with Crippen LogP contribution in [-0.2, 0) is 27.8 Å². The van der Waals surface area contributed by atoms with Gasteiger partial charge >= 0.3 is 24.4 Å². The van der Waals surface area contributed by atoms with Gasteiger partial charge in [0.2, 0.25) is 25.9 Å². The molecule has 3 heterocycles. The molecule has 0 aromatic carbocycles. The molecule has 4 amide bonds. The summed E-state index contributed by atoms with van der Waals surface area (Å²) in [5, 5.41) is 2.15. The van der Waals surface area contributed by atoms with Gasteiger partial charge in [0.25, 0.3) is 0 Å². The summed E-state index contributed by atoms with van der Waals surface area (Å²) in [5.74, 6) is -0.112. The lowest BCUT2D eigenvalue weighted by Gasteiger charge is -2.56. The number of guanidine groups is 2. The lowest BCUT2D eigenvalue weighted by molar-refractivity contribution is -0.0445. The molecule has 0 radical (unpaired) electrons. The molecule has 0 unspecified atom stereocenters. The molecule has 59 heavy (non-hydrogen) atoms. The summed E-state index contributed by atoms with van der Waals surface area (Å²) in [6.45, 7) is 41.3. The van der Waals surface area contributed by atoms with Crippen LogP contribution in [0.25, 0.3) is 0 Å². The molecule has 0 aliphatic carbocycles. The quantitative estimate of drug-likeness (QED) is 0.206. The van der Waals surface area contributed by atoms with E-state index in [0.29, 0.717) is 5.76 Å². The standard InChI is InChI=1S/C41H74N6O10Si2/c1-35(2,3)53-31(48)43-29-42-28-26(25-52-58(19,20)39(13,14)15)46(33(50)55-37(7,8)9)30(44-32(49)54-36(4,5)6)45-24-23-27(57-59(21,22)40(16,17)18)41(28,45)47(29)34(51)56-38(10,11)12/h23,26,28H,24-25H2,1-22H3,(H,42,43,48)/b44-30+/t26-,28-,41-/m0/s1. The lowest BCUT2D eigenvalue weighted by Crippen LogP contribution is -2.78. The maximum Gasteiger partial charge on any atom is 0.437 e. The summed E-state index contributed by atoms with van der Waals surface area (Å²) >= 11 is 0. The third-order valence-electron chi connectivity index (χ3n) is 10.6. The van der Waals surface area contributed by atoms with Gasteiger partial charge in [-0.1, -0.05) is 41.5 Å². The van der Waals surface area contributed by atoms with Crippen molar-refractivity contribution in [3.8, 4) is 0 Å². The van der Waals surface area contributed by atoms with Gasteiger partial charge in [-0.2, -0.15) is 0 Å². The number of amides is 4. The molecule has 0 aromatic heterocycles. The minimum Gasteiger partial charge on any atom is -0.544 e. The minimum absolute atomic E-state index is 0.0221. The fourth-order valence-electron chi connectivity index (χ4n) is 5.96. The number of hydrogen-bond acceptors (Lipinski definition) is 11. The highest BCUT2D eigenvalue weighted by atomic mass is 28.4. The van der Waals surface area contributed by atoms with Gasteiger partial charge in [0.15, 0.2) is 8.32 Å². The predicted molar refractivity (Wildman–Crippen MR) is 233 cm³/mol. The van der Waals surface area contributed by atoms with Crippen molar-refractivity contribution in [2.24, 2.45) is 9.98 Å². The van der Waals surface area contributed by atoms with Gasteiger partial charge < -0.3 is 32.7 Å². The molecule has 3 rings (SSSR count). The first-order valence-corrected chi connectivity index (χ1v) is 26.2. The summed E-state index contributed by atoms with van der Waals surface area (Å²) in [4.78, 5) is 71.1. The Morgan fingerprint density at radius 2 is 1.20 bits per heavy atom. The highest BCUT2D eigenvalue weighted by Gasteiger charge is 2.72. The molecular formula is C41H74N6O10Si2. The largest absolute Gasteiger partial charge is 0.544 e. The number of nitrogens with one attached hydrogen (secondary N) is 1. The van der Waals surface area contributed by atoms with Crippen LogP contribution in [0.15, 0.2) is 21.8 Å². The molecule has 0 aromatic rings. The average molecular weight is 867 g/mol. The molecule has 16 nitrogen and oxygen atoms in total. The van der Waals surface area contributed by atoms with Crippen molar-refractivity contribution in [1.29, 1.82) is 0 Å². The van der Waals surface area contributed by atoms with Gasteiger partial charge in [0, 0.05) is 6.54 Å². The molecule has 3 aliphatic rings. The molecule has 18 heteroatoms. The Morgan fingerprint density at radius 3 is 1.66 bits per heavy atom. The molecule has 3 atom stereocenters. The number of alkyl carbamates (subject to hydrolysis) is 1. The van der Waals surface area contributed by atoms with Gasteiger partial charge in [0.1, 0.15) is 34.2 Å². The summed E-state index contributed by atoms with van der Waals surface area (Å²) in [6.07, 6.45) is -1.82. The first kappa shape index (κ1) is 49.7. The van der Waals surface area contributed by atoms with E-state index in [1.165, 1.54) is 9.80 Å². The van der Waals surface area contributed by atoms with Crippen LogP contribution in [0.1, 0.15) is 125 Å². The van der Waals surface area contributed by atoms with Crippen molar-refractivity contribution in [3.05, 3.63) is 11.8 Å². The second kappa shape index (κ2) is 16.0. The highest BCUT2D eigenvalue weighted by Crippen LogP contribution is 2.52. The monoisotopic (exact) mass is 867 g/mol. The summed E-state index contributed by atoms with van der Waals surface area (Å²) in [7, 11) is -5.35. The summed E-state index contributed by atoms with van der Waals surface area (Å²) in [5.41, 5.74) is -5.70.